The summed E-state index contributed by atoms with van der Waals surface area (Å²) in [6.45, 7) is 2.72. The van der Waals surface area contributed by atoms with Crippen LogP contribution in [-0.4, -0.2) is 6.61 Å². The second kappa shape index (κ2) is 5.91. The molecule has 0 heterocycles. The molecule has 2 aromatic rings. The van der Waals surface area contributed by atoms with Gasteiger partial charge in [-0.1, -0.05) is 18.2 Å². The summed E-state index contributed by atoms with van der Waals surface area (Å²) in [6.07, 6.45) is 0.876. The summed E-state index contributed by atoms with van der Waals surface area (Å²) in [6, 6.07) is 14.0. The third-order valence-corrected chi connectivity index (χ3v) is 3.34. The highest BCUT2D eigenvalue weighted by molar-refractivity contribution is 9.10. The van der Waals surface area contributed by atoms with Gasteiger partial charge in [0.05, 0.1) is 11.1 Å². The van der Waals surface area contributed by atoms with Crippen molar-refractivity contribution in [2.75, 3.05) is 12.3 Å². The minimum absolute atomic E-state index is 0.658. The van der Waals surface area contributed by atoms with Crippen LogP contribution in [0.15, 0.2) is 46.9 Å². The van der Waals surface area contributed by atoms with Crippen LogP contribution in [-0.2, 0) is 6.42 Å². The van der Waals surface area contributed by atoms with Gasteiger partial charge in [0.1, 0.15) is 5.75 Å². The highest BCUT2D eigenvalue weighted by atomic mass is 79.9. The zero-order valence-electron chi connectivity index (χ0n) is 10.3. The number of hydrogen-bond acceptors (Lipinski definition) is 2. The third-order valence-electron chi connectivity index (χ3n) is 2.72. The molecule has 0 amide bonds. The lowest BCUT2D eigenvalue weighted by Gasteiger charge is -2.09. The minimum atomic E-state index is 0.658. The lowest BCUT2D eigenvalue weighted by atomic mass is 10.1. The van der Waals surface area contributed by atoms with Gasteiger partial charge in [-0.3, -0.25) is 0 Å². The van der Waals surface area contributed by atoms with Crippen molar-refractivity contribution in [1.29, 1.82) is 0 Å². The van der Waals surface area contributed by atoms with Gasteiger partial charge in [0, 0.05) is 12.1 Å². The van der Waals surface area contributed by atoms with Crippen LogP contribution in [0.2, 0.25) is 0 Å². The standard InChI is InChI=1S/C15H16BrNO/c1-11-2-7-15(14(16)10-11)18-9-8-12-3-5-13(17)6-4-12/h2-7,10H,8-9,17H2,1H3. The van der Waals surface area contributed by atoms with E-state index in [-0.39, 0.29) is 0 Å². The van der Waals surface area contributed by atoms with E-state index in [1.807, 2.05) is 36.4 Å². The average molecular weight is 306 g/mol. The summed E-state index contributed by atoms with van der Waals surface area (Å²) in [7, 11) is 0. The van der Waals surface area contributed by atoms with Crippen molar-refractivity contribution in [3.8, 4) is 5.75 Å². The average Bonchev–Trinajstić information content (AvgIpc) is 2.34. The van der Waals surface area contributed by atoms with Gasteiger partial charge < -0.3 is 10.5 Å². The molecule has 18 heavy (non-hydrogen) atoms. The normalized spacial score (nSPS) is 10.3. The molecule has 0 aliphatic carbocycles. The number of hydrogen-bond donors (Lipinski definition) is 1. The van der Waals surface area contributed by atoms with Crippen molar-refractivity contribution in [2.45, 2.75) is 13.3 Å². The lowest BCUT2D eigenvalue weighted by molar-refractivity contribution is 0.320. The highest BCUT2D eigenvalue weighted by Gasteiger charge is 2.01. The first kappa shape index (κ1) is 13.0. The molecule has 0 saturated heterocycles. The van der Waals surface area contributed by atoms with Gasteiger partial charge in [-0.05, 0) is 58.2 Å². The molecule has 0 unspecified atom stereocenters. The van der Waals surface area contributed by atoms with Gasteiger partial charge in [0.15, 0.2) is 0 Å². The fraction of sp³-hybridized carbons (Fsp3) is 0.200. The van der Waals surface area contributed by atoms with E-state index in [0.717, 1.165) is 22.3 Å². The van der Waals surface area contributed by atoms with Crippen LogP contribution >= 0.6 is 15.9 Å². The summed E-state index contributed by atoms with van der Waals surface area (Å²) < 4.78 is 6.75. The first-order valence-electron chi connectivity index (χ1n) is 5.88. The Morgan fingerprint density at radius 2 is 1.83 bits per heavy atom. The van der Waals surface area contributed by atoms with E-state index in [1.54, 1.807) is 0 Å². The maximum Gasteiger partial charge on any atom is 0.133 e. The Labute approximate surface area is 116 Å². The minimum Gasteiger partial charge on any atom is -0.492 e. The second-order valence-corrected chi connectivity index (χ2v) is 5.13. The Morgan fingerprint density at radius 3 is 2.50 bits per heavy atom. The van der Waals surface area contributed by atoms with E-state index in [1.165, 1.54) is 11.1 Å². The van der Waals surface area contributed by atoms with E-state index in [9.17, 15) is 0 Å². The van der Waals surface area contributed by atoms with Crippen molar-refractivity contribution < 1.29 is 4.74 Å². The Morgan fingerprint density at radius 1 is 1.11 bits per heavy atom. The molecule has 0 bridgehead atoms. The Kier molecular flexibility index (Phi) is 4.26. The van der Waals surface area contributed by atoms with Crippen LogP contribution in [0, 0.1) is 6.92 Å². The molecule has 0 saturated carbocycles. The van der Waals surface area contributed by atoms with E-state index in [2.05, 4.69) is 28.9 Å². The number of nitrogen functional groups attached to an aromatic ring is 1. The summed E-state index contributed by atoms with van der Waals surface area (Å²) in [5, 5.41) is 0. The van der Waals surface area contributed by atoms with Gasteiger partial charge >= 0.3 is 0 Å². The number of benzene rings is 2. The first-order chi connectivity index (χ1) is 8.65. The lowest BCUT2D eigenvalue weighted by Crippen LogP contribution is -2.02. The molecule has 2 rings (SSSR count). The number of ether oxygens (including phenoxy) is 1. The molecule has 2 N–H and O–H groups in total. The number of anilines is 1. The molecule has 0 aromatic heterocycles. The molecule has 94 valence electrons. The van der Waals surface area contributed by atoms with Crippen molar-refractivity contribution in [3.63, 3.8) is 0 Å². The first-order valence-corrected chi connectivity index (χ1v) is 6.68. The largest absolute Gasteiger partial charge is 0.492 e. The highest BCUT2D eigenvalue weighted by Crippen LogP contribution is 2.25. The summed E-state index contributed by atoms with van der Waals surface area (Å²) >= 11 is 3.50. The maximum absolute atomic E-state index is 5.75. The van der Waals surface area contributed by atoms with Crippen molar-refractivity contribution >= 4 is 21.6 Å². The second-order valence-electron chi connectivity index (χ2n) is 4.27. The van der Waals surface area contributed by atoms with Crippen LogP contribution < -0.4 is 10.5 Å². The van der Waals surface area contributed by atoms with E-state index >= 15 is 0 Å². The number of nitrogens with two attached hydrogens (primary N) is 1. The smallest absolute Gasteiger partial charge is 0.133 e. The molecular formula is C15H16BrNO. The van der Waals surface area contributed by atoms with Gasteiger partial charge in [-0.25, -0.2) is 0 Å². The molecule has 0 aliphatic rings. The zero-order chi connectivity index (χ0) is 13.0. The van der Waals surface area contributed by atoms with Gasteiger partial charge in [0.25, 0.3) is 0 Å². The summed E-state index contributed by atoms with van der Waals surface area (Å²) in [4.78, 5) is 0. The van der Waals surface area contributed by atoms with E-state index in [0.29, 0.717) is 6.61 Å². The summed E-state index contributed by atoms with van der Waals surface area (Å²) in [5.41, 5.74) is 8.88. The van der Waals surface area contributed by atoms with Gasteiger partial charge in [-0.2, -0.15) is 0 Å². The molecule has 0 aliphatic heterocycles. The van der Waals surface area contributed by atoms with Crippen LogP contribution in [0.3, 0.4) is 0 Å². The van der Waals surface area contributed by atoms with Crippen LogP contribution in [0.5, 0.6) is 5.75 Å². The Balaban J connectivity index is 1.90. The van der Waals surface area contributed by atoms with Crippen LogP contribution in [0.1, 0.15) is 11.1 Å². The molecule has 0 radical (unpaired) electrons. The molecule has 3 heteroatoms. The predicted octanol–water partition coefficient (Wildman–Crippen LogP) is 3.96. The van der Waals surface area contributed by atoms with Gasteiger partial charge in [-0.15, -0.1) is 0 Å². The number of aryl methyl sites for hydroxylation is 1. The maximum atomic E-state index is 5.75. The molecule has 2 nitrogen and oxygen atoms in total. The fourth-order valence-corrected chi connectivity index (χ4v) is 2.29. The number of rotatable bonds is 4. The SMILES string of the molecule is Cc1ccc(OCCc2ccc(N)cc2)c(Br)c1. The van der Waals surface area contributed by atoms with Gasteiger partial charge in [0.2, 0.25) is 0 Å². The van der Waals surface area contributed by atoms with Crippen LogP contribution in [0.25, 0.3) is 0 Å². The topological polar surface area (TPSA) is 35.2 Å². The van der Waals surface area contributed by atoms with Crippen molar-refractivity contribution in [1.82, 2.24) is 0 Å². The van der Waals surface area contributed by atoms with Crippen LogP contribution in [0.4, 0.5) is 5.69 Å². The molecule has 2 aromatic carbocycles. The molecule has 0 spiro atoms. The van der Waals surface area contributed by atoms with Crippen molar-refractivity contribution in [2.24, 2.45) is 0 Å². The Hall–Kier alpha value is -1.48. The quantitative estimate of drug-likeness (QED) is 0.868. The monoisotopic (exact) mass is 305 g/mol. The molecular weight excluding hydrogens is 290 g/mol. The third kappa shape index (κ3) is 3.50. The predicted molar refractivity (Wildman–Crippen MR) is 78.9 cm³/mol. The summed E-state index contributed by atoms with van der Waals surface area (Å²) in [5.74, 6) is 0.885. The molecule has 0 fully saturated rings. The number of halogens is 1. The Bertz CT molecular complexity index is 523. The molecule has 0 atom stereocenters. The fourth-order valence-electron chi connectivity index (χ4n) is 1.69. The van der Waals surface area contributed by atoms with E-state index < -0.39 is 0 Å². The van der Waals surface area contributed by atoms with Crippen molar-refractivity contribution in [3.05, 3.63) is 58.1 Å². The zero-order valence-corrected chi connectivity index (χ0v) is 11.9. The van der Waals surface area contributed by atoms with E-state index in [4.69, 9.17) is 10.5 Å².